The first kappa shape index (κ1) is 11.1. The molecule has 0 aliphatic carbocycles. The van der Waals surface area contributed by atoms with Crippen LogP contribution in [0.3, 0.4) is 0 Å². The number of hydrogen-bond donors (Lipinski definition) is 0. The van der Waals surface area contributed by atoms with E-state index in [9.17, 15) is 0 Å². The van der Waals surface area contributed by atoms with Crippen molar-refractivity contribution in [2.24, 2.45) is 7.05 Å². The Morgan fingerprint density at radius 3 is 2.64 bits per heavy atom. The van der Waals surface area contributed by atoms with E-state index in [1.54, 1.807) is 4.68 Å². The van der Waals surface area contributed by atoms with Gasteiger partial charge < -0.3 is 0 Å². The van der Waals surface area contributed by atoms with Crippen LogP contribution < -0.4 is 0 Å². The van der Waals surface area contributed by atoms with Crippen LogP contribution in [0.25, 0.3) is 11.4 Å². The molecule has 0 spiro atoms. The fourth-order valence-corrected chi connectivity index (χ4v) is 1.28. The Morgan fingerprint density at radius 1 is 1.36 bits per heavy atom. The average molecular weight is 364 g/mol. The minimum absolute atomic E-state index is 0. The number of benzene rings is 1. The summed E-state index contributed by atoms with van der Waals surface area (Å²) in [6.45, 7) is 1.88. The second-order valence-electron chi connectivity index (χ2n) is 2.88. The SMILES string of the molecule is Cc1nc(-c2[c-]cccc2)n(C)n1.[Ir]. The van der Waals surface area contributed by atoms with Crippen LogP contribution >= 0.6 is 0 Å². The van der Waals surface area contributed by atoms with Crippen LogP contribution in [0.4, 0.5) is 0 Å². The van der Waals surface area contributed by atoms with Gasteiger partial charge in [-0.3, -0.25) is 9.67 Å². The van der Waals surface area contributed by atoms with E-state index in [1.165, 1.54) is 0 Å². The van der Waals surface area contributed by atoms with Gasteiger partial charge in [-0.1, -0.05) is 0 Å². The van der Waals surface area contributed by atoms with E-state index in [0.717, 1.165) is 17.2 Å². The third kappa shape index (κ3) is 2.08. The van der Waals surface area contributed by atoms with E-state index < -0.39 is 0 Å². The summed E-state index contributed by atoms with van der Waals surface area (Å²) in [7, 11) is 1.89. The Kier molecular flexibility index (Phi) is 3.55. The summed E-state index contributed by atoms with van der Waals surface area (Å²) in [6.07, 6.45) is 0. The van der Waals surface area contributed by atoms with Crippen molar-refractivity contribution in [3.63, 3.8) is 0 Å². The van der Waals surface area contributed by atoms with Gasteiger partial charge in [0.2, 0.25) is 0 Å². The summed E-state index contributed by atoms with van der Waals surface area (Å²) < 4.78 is 1.77. The van der Waals surface area contributed by atoms with Crippen LogP contribution in [0.2, 0.25) is 0 Å². The zero-order valence-corrected chi connectivity index (χ0v) is 10.4. The molecule has 0 fully saturated rings. The maximum atomic E-state index is 4.30. The third-order valence-corrected chi connectivity index (χ3v) is 1.82. The normalized spacial score (nSPS) is 9.57. The summed E-state index contributed by atoms with van der Waals surface area (Å²) in [5.41, 5.74) is 0.977. The van der Waals surface area contributed by atoms with Crippen molar-refractivity contribution in [2.75, 3.05) is 0 Å². The molecule has 3 nitrogen and oxygen atoms in total. The Bertz CT molecular complexity index is 409. The summed E-state index contributed by atoms with van der Waals surface area (Å²) in [4.78, 5) is 4.30. The molecule has 4 heteroatoms. The predicted molar refractivity (Wildman–Crippen MR) is 50.0 cm³/mol. The van der Waals surface area contributed by atoms with Gasteiger partial charge >= 0.3 is 0 Å². The third-order valence-electron chi connectivity index (χ3n) is 1.82. The molecule has 0 aliphatic rings. The molecule has 2 rings (SSSR count). The molecule has 0 unspecified atom stereocenters. The molecular weight excluding hydrogens is 354 g/mol. The van der Waals surface area contributed by atoms with E-state index in [0.29, 0.717) is 0 Å². The molecule has 14 heavy (non-hydrogen) atoms. The van der Waals surface area contributed by atoms with E-state index in [-0.39, 0.29) is 20.1 Å². The molecule has 0 bridgehead atoms. The van der Waals surface area contributed by atoms with E-state index >= 15 is 0 Å². The Labute approximate surface area is 96.5 Å². The van der Waals surface area contributed by atoms with E-state index in [4.69, 9.17) is 0 Å². The number of aromatic nitrogens is 3. The molecule has 0 amide bonds. The van der Waals surface area contributed by atoms with Crippen molar-refractivity contribution < 1.29 is 20.1 Å². The zero-order valence-electron chi connectivity index (χ0n) is 7.98. The van der Waals surface area contributed by atoms with Gasteiger partial charge in [0.05, 0.1) is 5.82 Å². The van der Waals surface area contributed by atoms with Crippen molar-refractivity contribution in [3.8, 4) is 11.4 Å². The van der Waals surface area contributed by atoms with Gasteiger partial charge in [-0.05, 0) is 6.92 Å². The van der Waals surface area contributed by atoms with Gasteiger partial charge in [-0.15, -0.1) is 35.9 Å². The summed E-state index contributed by atoms with van der Waals surface area (Å²) >= 11 is 0. The molecular formula is C10H10IrN3-. The number of aryl methyl sites for hydroxylation is 2. The van der Waals surface area contributed by atoms with Gasteiger partial charge in [0, 0.05) is 27.2 Å². The predicted octanol–water partition coefficient (Wildman–Crippen LogP) is 1.59. The van der Waals surface area contributed by atoms with Crippen molar-refractivity contribution >= 4 is 0 Å². The maximum absolute atomic E-state index is 4.30. The van der Waals surface area contributed by atoms with Crippen LogP contribution in [0.5, 0.6) is 0 Å². The summed E-state index contributed by atoms with van der Waals surface area (Å²) in [5, 5.41) is 4.17. The molecule has 1 aromatic carbocycles. The van der Waals surface area contributed by atoms with Crippen molar-refractivity contribution in [2.45, 2.75) is 6.92 Å². The number of nitrogens with zero attached hydrogens (tertiary/aromatic N) is 3. The van der Waals surface area contributed by atoms with Crippen LogP contribution in [-0.2, 0) is 27.2 Å². The Morgan fingerprint density at radius 2 is 2.14 bits per heavy atom. The minimum Gasteiger partial charge on any atom is -0.289 e. The molecule has 1 aromatic heterocycles. The molecule has 0 aliphatic heterocycles. The molecule has 75 valence electrons. The first-order valence-electron chi connectivity index (χ1n) is 4.12. The van der Waals surface area contributed by atoms with Crippen molar-refractivity contribution in [1.82, 2.24) is 14.8 Å². The quantitative estimate of drug-likeness (QED) is 0.720. The zero-order chi connectivity index (χ0) is 9.26. The van der Waals surface area contributed by atoms with Gasteiger partial charge in [0.15, 0.2) is 0 Å². The smallest absolute Gasteiger partial charge is 0.137 e. The Hall–Kier alpha value is -0.991. The molecule has 0 saturated heterocycles. The molecule has 0 N–H and O–H groups in total. The fourth-order valence-electron chi connectivity index (χ4n) is 1.28. The average Bonchev–Trinajstić information content (AvgIpc) is 2.47. The molecule has 2 aromatic rings. The van der Waals surface area contributed by atoms with Gasteiger partial charge in [-0.2, -0.15) is 5.10 Å². The molecule has 1 radical (unpaired) electrons. The molecule has 0 atom stereocenters. The maximum Gasteiger partial charge on any atom is 0.137 e. The first-order chi connectivity index (χ1) is 6.27. The van der Waals surface area contributed by atoms with Crippen molar-refractivity contribution in [3.05, 3.63) is 36.2 Å². The standard InChI is InChI=1S/C10H10N3.Ir/c1-8-11-10(13(2)12-8)9-6-4-3-5-7-9;/h3-6H,1-2H3;/q-1;. The van der Waals surface area contributed by atoms with E-state index in [1.807, 2.05) is 38.2 Å². The molecule has 0 saturated carbocycles. The topological polar surface area (TPSA) is 30.7 Å². The van der Waals surface area contributed by atoms with Crippen LogP contribution in [-0.4, -0.2) is 14.8 Å². The second-order valence-corrected chi connectivity index (χ2v) is 2.88. The first-order valence-corrected chi connectivity index (χ1v) is 4.12. The van der Waals surface area contributed by atoms with Crippen molar-refractivity contribution in [1.29, 1.82) is 0 Å². The monoisotopic (exact) mass is 365 g/mol. The largest absolute Gasteiger partial charge is 0.289 e. The van der Waals surface area contributed by atoms with Crippen LogP contribution in [0.15, 0.2) is 24.3 Å². The Balaban J connectivity index is 0.000000980. The second kappa shape index (κ2) is 4.49. The summed E-state index contributed by atoms with van der Waals surface area (Å²) in [5.74, 6) is 1.65. The number of rotatable bonds is 1. The fraction of sp³-hybridized carbons (Fsp3) is 0.200. The summed E-state index contributed by atoms with van der Waals surface area (Å²) in [6, 6.07) is 10.9. The molecule has 1 heterocycles. The van der Waals surface area contributed by atoms with Gasteiger partial charge in [0.1, 0.15) is 5.82 Å². The van der Waals surface area contributed by atoms with Crippen LogP contribution in [0.1, 0.15) is 5.82 Å². The minimum atomic E-state index is 0. The van der Waals surface area contributed by atoms with E-state index in [2.05, 4.69) is 16.1 Å². The van der Waals surface area contributed by atoms with Gasteiger partial charge in [-0.25, -0.2) is 0 Å². The number of hydrogen-bond acceptors (Lipinski definition) is 2. The van der Waals surface area contributed by atoms with Crippen LogP contribution in [0, 0.1) is 13.0 Å². The van der Waals surface area contributed by atoms with Gasteiger partial charge in [0.25, 0.3) is 0 Å².